The molecule has 2 N–H and O–H groups in total. The fraction of sp³-hybridized carbons (Fsp3) is 0.0769. The van der Waals surface area contributed by atoms with Crippen LogP contribution in [0.3, 0.4) is 0 Å². The molecule has 1 aliphatic carbocycles. The lowest BCUT2D eigenvalue weighted by Gasteiger charge is -2.33. The average molecular weight is 428 g/mol. The van der Waals surface area contributed by atoms with Crippen molar-refractivity contribution in [2.45, 2.75) is 12.0 Å². The first-order valence-corrected chi connectivity index (χ1v) is 9.94. The van der Waals surface area contributed by atoms with E-state index in [2.05, 4.69) is 0 Å². The topological polar surface area (TPSA) is 93.1 Å². The molecule has 0 bridgehead atoms. The van der Waals surface area contributed by atoms with Gasteiger partial charge in [0.15, 0.2) is 5.60 Å². The Morgan fingerprint density at radius 2 is 1.31 bits per heavy atom. The van der Waals surface area contributed by atoms with Crippen molar-refractivity contribution >= 4 is 11.9 Å². The number of benzene rings is 3. The van der Waals surface area contributed by atoms with Crippen molar-refractivity contribution in [3.05, 3.63) is 120 Å². The van der Waals surface area contributed by atoms with Gasteiger partial charge in [0.2, 0.25) is 0 Å². The maximum atomic E-state index is 11.1. The molecule has 0 aromatic heterocycles. The largest absolute Gasteiger partial charge is 0.478 e. The van der Waals surface area contributed by atoms with Gasteiger partial charge in [-0.25, -0.2) is 9.59 Å². The van der Waals surface area contributed by atoms with E-state index in [0.29, 0.717) is 23.7 Å². The van der Waals surface area contributed by atoms with Crippen molar-refractivity contribution in [2.75, 3.05) is 0 Å². The van der Waals surface area contributed by atoms with Gasteiger partial charge in [-0.15, -0.1) is 0 Å². The normalized spacial score (nSPS) is 17.3. The van der Waals surface area contributed by atoms with Crippen LogP contribution in [-0.2, 0) is 5.60 Å². The molecule has 0 spiro atoms. The quantitative estimate of drug-likeness (QED) is 0.532. The number of allylic oxidation sites excluding steroid dienone is 1. The van der Waals surface area contributed by atoms with Crippen molar-refractivity contribution in [3.8, 4) is 11.5 Å². The number of carboxylic acid groups (broad SMARTS) is 2. The highest BCUT2D eigenvalue weighted by Gasteiger charge is 2.33. The van der Waals surface area contributed by atoms with Crippen LogP contribution in [0.25, 0.3) is 0 Å². The van der Waals surface area contributed by atoms with Crippen molar-refractivity contribution in [2.24, 2.45) is 0 Å². The molecule has 1 atom stereocenters. The van der Waals surface area contributed by atoms with Crippen molar-refractivity contribution in [3.63, 3.8) is 0 Å². The third-order valence-corrected chi connectivity index (χ3v) is 5.12. The van der Waals surface area contributed by atoms with Crippen LogP contribution in [0.2, 0.25) is 0 Å². The van der Waals surface area contributed by atoms with Crippen LogP contribution in [0, 0.1) is 0 Å². The second-order valence-electron chi connectivity index (χ2n) is 7.26. The third kappa shape index (κ3) is 4.54. The molecule has 0 aliphatic heterocycles. The number of aromatic carboxylic acids is 2. The molecule has 1 aliphatic rings. The van der Waals surface area contributed by atoms with Gasteiger partial charge >= 0.3 is 11.9 Å². The number of carboxylic acids is 2. The molecular weight excluding hydrogens is 408 g/mol. The molecule has 3 aromatic carbocycles. The van der Waals surface area contributed by atoms with E-state index in [1.54, 1.807) is 24.3 Å². The predicted octanol–water partition coefficient (Wildman–Crippen LogP) is 5.28. The first-order valence-electron chi connectivity index (χ1n) is 9.94. The summed E-state index contributed by atoms with van der Waals surface area (Å²) >= 11 is 0. The van der Waals surface area contributed by atoms with E-state index < -0.39 is 17.5 Å². The van der Waals surface area contributed by atoms with E-state index in [1.807, 2.05) is 48.6 Å². The zero-order valence-corrected chi connectivity index (χ0v) is 17.0. The Kier molecular flexibility index (Phi) is 5.77. The Hall–Kier alpha value is -4.32. The second kappa shape index (κ2) is 8.81. The van der Waals surface area contributed by atoms with Crippen LogP contribution in [0.15, 0.2) is 103 Å². The monoisotopic (exact) mass is 428 g/mol. The maximum absolute atomic E-state index is 11.1. The third-order valence-electron chi connectivity index (χ3n) is 5.12. The highest BCUT2D eigenvalue weighted by Crippen LogP contribution is 2.37. The minimum absolute atomic E-state index is 0.190. The SMILES string of the molecule is O=C(O)c1ccc(OC2=CCC(Oc3ccc(C(=O)O)cc3)(c3ccccc3)C=C2)cc1. The zero-order valence-electron chi connectivity index (χ0n) is 17.0. The Morgan fingerprint density at radius 1 is 0.750 bits per heavy atom. The molecular formula is C26H20O6. The van der Waals surface area contributed by atoms with Crippen LogP contribution in [0.4, 0.5) is 0 Å². The zero-order chi connectivity index (χ0) is 22.6. The van der Waals surface area contributed by atoms with Gasteiger partial charge in [-0.2, -0.15) is 0 Å². The molecule has 6 nitrogen and oxygen atoms in total. The molecule has 160 valence electrons. The van der Waals surface area contributed by atoms with Gasteiger partial charge in [0.25, 0.3) is 0 Å². The summed E-state index contributed by atoms with van der Waals surface area (Å²) in [5, 5.41) is 18.1. The fourth-order valence-electron chi connectivity index (χ4n) is 3.43. The van der Waals surface area contributed by atoms with Gasteiger partial charge in [-0.1, -0.05) is 30.3 Å². The Morgan fingerprint density at radius 3 is 1.81 bits per heavy atom. The number of hydrogen-bond acceptors (Lipinski definition) is 4. The van der Waals surface area contributed by atoms with Gasteiger partial charge in [-0.3, -0.25) is 0 Å². The van der Waals surface area contributed by atoms with Crippen LogP contribution in [0.1, 0.15) is 32.7 Å². The molecule has 0 radical (unpaired) electrons. The number of carbonyl (C=O) groups is 2. The standard InChI is InChI=1S/C26H20O6/c27-24(28)18-6-10-21(11-7-18)31-22-14-16-26(17-15-22,20-4-2-1-3-5-20)32-23-12-8-19(9-13-23)25(29)30/h1-16H,17H2,(H,27,28)(H,29,30). The summed E-state index contributed by atoms with van der Waals surface area (Å²) in [5.74, 6) is -0.291. The highest BCUT2D eigenvalue weighted by atomic mass is 16.5. The Balaban J connectivity index is 1.56. The predicted molar refractivity (Wildman–Crippen MR) is 118 cm³/mol. The first-order chi connectivity index (χ1) is 15.4. The van der Waals surface area contributed by atoms with E-state index >= 15 is 0 Å². The molecule has 0 heterocycles. The van der Waals surface area contributed by atoms with Crippen molar-refractivity contribution in [1.82, 2.24) is 0 Å². The lowest BCUT2D eigenvalue weighted by molar-refractivity contribution is 0.0685. The highest BCUT2D eigenvalue weighted by molar-refractivity contribution is 5.88. The maximum Gasteiger partial charge on any atom is 0.335 e. The lowest BCUT2D eigenvalue weighted by Crippen LogP contribution is -2.32. The van der Waals surface area contributed by atoms with E-state index in [9.17, 15) is 9.59 Å². The molecule has 6 heteroatoms. The summed E-state index contributed by atoms with van der Waals surface area (Å²) in [6.45, 7) is 0. The summed E-state index contributed by atoms with van der Waals surface area (Å²) < 4.78 is 12.2. The first kappa shape index (κ1) is 20.9. The van der Waals surface area contributed by atoms with E-state index in [-0.39, 0.29) is 11.1 Å². The minimum atomic E-state index is -0.993. The number of hydrogen-bond donors (Lipinski definition) is 2. The van der Waals surface area contributed by atoms with Crippen LogP contribution >= 0.6 is 0 Å². The molecule has 4 rings (SSSR count). The van der Waals surface area contributed by atoms with Gasteiger partial charge in [-0.05, 0) is 72.3 Å². The molecule has 0 saturated carbocycles. The minimum Gasteiger partial charge on any atom is -0.478 e. The fourth-order valence-corrected chi connectivity index (χ4v) is 3.43. The smallest absolute Gasteiger partial charge is 0.335 e. The molecule has 3 aromatic rings. The van der Waals surface area contributed by atoms with Crippen LogP contribution < -0.4 is 9.47 Å². The summed E-state index contributed by atoms with van der Waals surface area (Å²) in [6.07, 6.45) is 6.11. The number of rotatable bonds is 7. The van der Waals surface area contributed by atoms with E-state index in [4.69, 9.17) is 19.7 Å². The average Bonchev–Trinajstić information content (AvgIpc) is 2.82. The van der Waals surface area contributed by atoms with Gasteiger partial charge in [0.05, 0.1) is 11.1 Å². The van der Waals surface area contributed by atoms with Crippen molar-refractivity contribution in [1.29, 1.82) is 0 Å². The molecule has 0 amide bonds. The molecule has 0 fully saturated rings. The van der Waals surface area contributed by atoms with Crippen molar-refractivity contribution < 1.29 is 29.3 Å². The Bertz CT molecular complexity index is 1180. The van der Waals surface area contributed by atoms with Gasteiger partial charge in [0, 0.05) is 6.42 Å². The van der Waals surface area contributed by atoms with Crippen LogP contribution in [-0.4, -0.2) is 22.2 Å². The van der Waals surface area contributed by atoms with E-state index in [0.717, 1.165) is 5.56 Å². The summed E-state index contributed by atoms with van der Waals surface area (Å²) in [5.41, 5.74) is 0.539. The van der Waals surface area contributed by atoms with Gasteiger partial charge in [0.1, 0.15) is 17.3 Å². The molecule has 0 saturated heterocycles. The van der Waals surface area contributed by atoms with E-state index in [1.165, 1.54) is 24.3 Å². The van der Waals surface area contributed by atoms with Crippen LogP contribution in [0.5, 0.6) is 11.5 Å². The lowest BCUT2D eigenvalue weighted by atomic mass is 9.86. The summed E-state index contributed by atoms with van der Waals surface area (Å²) in [7, 11) is 0. The number of ether oxygens (including phenoxy) is 2. The molecule has 1 unspecified atom stereocenters. The van der Waals surface area contributed by atoms with Gasteiger partial charge < -0.3 is 19.7 Å². The Labute approximate surface area is 184 Å². The summed E-state index contributed by atoms with van der Waals surface area (Å²) in [6, 6.07) is 22.2. The molecule has 32 heavy (non-hydrogen) atoms. The second-order valence-corrected chi connectivity index (χ2v) is 7.26. The summed E-state index contributed by atoms with van der Waals surface area (Å²) in [4.78, 5) is 22.1.